The molecule has 0 spiro atoms. The number of aryl methyl sites for hydroxylation is 1. The van der Waals surface area contributed by atoms with E-state index in [-0.39, 0.29) is 12.5 Å². The first-order valence-corrected chi connectivity index (χ1v) is 7.79. The maximum Gasteiger partial charge on any atom is 0.263 e. The van der Waals surface area contributed by atoms with Gasteiger partial charge in [0.2, 0.25) is 11.4 Å². The van der Waals surface area contributed by atoms with Crippen molar-refractivity contribution in [1.82, 2.24) is 10.5 Å². The van der Waals surface area contributed by atoms with E-state index in [0.29, 0.717) is 36.8 Å². The average Bonchev–Trinajstić information content (AvgIpc) is 3.00. The highest BCUT2D eigenvalue weighted by atomic mass is 32.2. The van der Waals surface area contributed by atoms with Crippen LogP contribution in [0.3, 0.4) is 0 Å². The number of nitrogens with one attached hydrogen (secondary N) is 1. The van der Waals surface area contributed by atoms with Gasteiger partial charge in [0.1, 0.15) is 10.1 Å². The maximum atomic E-state index is 11.7. The minimum Gasteiger partial charge on any atom is -0.484 e. The SMILES string of the molecule is Cc1no[n+]([O-])c1COc1ccccc1C=C1SC(=S)NC1=O. The molecule has 1 aromatic heterocycles. The lowest BCUT2D eigenvalue weighted by atomic mass is 10.2. The van der Waals surface area contributed by atoms with E-state index in [2.05, 4.69) is 15.1 Å². The number of rotatable bonds is 4. The number of amides is 1. The molecule has 0 saturated carbocycles. The summed E-state index contributed by atoms with van der Waals surface area (Å²) in [5.41, 5.74) is 1.47. The molecule has 1 amide bonds. The van der Waals surface area contributed by atoms with Crippen LogP contribution in [0.5, 0.6) is 5.75 Å². The third-order valence-corrected chi connectivity index (χ3v) is 4.26. The fraction of sp³-hybridized carbons (Fsp3) is 0.143. The van der Waals surface area contributed by atoms with Crippen molar-refractivity contribution in [2.24, 2.45) is 0 Å². The highest BCUT2D eigenvalue weighted by Gasteiger charge is 2.22. The van der Waals surface area contributed by atoms with E-state index in [1.54, 1.807) is 25.1 Å². The molecule has 23 heavy (non-hydrogen) atoms. The first-order chi connectivity index (χ1) is 11.0. The summed E-state index contributed by atoms with van der Waals surface area (Å²) in [6.45, 7) is 1.67. The molecular formula is C14H11N3O4S2. The molecule has 0 aliphatic carbocycles. The topological polar surface area (TPSA) is 91.3 Å². The number of thiocarbonyl (C=S) groups is 1. The maximum absolute atomic E-state index is 11.7. The number of carbonyl (C=O) groups excluding carboxylic acids is 1. The van der Waals surface area contributed by atoms with Crippen molar-refractivity contribution in [2.75, 3.05) is 0 Å². The summed E-state index contributed by atoms with van der Waals surface area (Å²) in [5, 5.41) is 17.6. The Kier molecular flexibility index (Phi) is 4.30. The summed E-state index contributed by atoms with van der Waals surface area (Å²) in [4.78, 5) is 12.5. The van der Waals surface area contributed by atoms with Crippen molar-refractivity contribution in [3.8, 4) is 5.75 Å². The van der Waals surface area contributed by atoms with E-state index < -0.39 is 0 Å². The second-order valence-corrected chi connectivity index (χ2v) is 6.36. The molecule has 3 rings (SSSR count). The van der Waals surface area contributed by atoms with Crippen LogP contribution in [-0.2, 0) is 11.4 Å². The number of carbonyl (C=O) groups is 1. The second-order valence-electron chi connectivity index (χ2n) is 4.64. The minimum atomic E-state index is -0.234. The molecule has 2 aromatic rings. The fourth-order valence-corrected chi connectivity index (χ4v) is 2.96. The summed E-state index contributed by atoms with van der Waals surface area (Å²) >= 11 is 6.16. The number of nitrogens with zero attached hydrogens (tertiary/aromatic N) is 2. The number of aromatic nitrogens is 2. The Morgan fingerprint density at radius 1 is 1.52 bits per heavy atom. The normalized spacial score (nSPS) is 16.0. The molecule has 1 saturated heterocycles. The van der Waals surface area contributed by atoms with E-state index >= 15 is 0 Å². The van der Waals surface area contributed by atoms with Crippen molar-refractivity contribution >= 4 is 40.3 Å². The van der Waals surface area contributed by atoms with Gasteiger partial charge < -0.3 is 15.3 Å². The molecule has 1 fully saturated rings. The van der Waals surface area contributed by atoms with Gasteiger partial charge in [0.25, 0.3) is 5.91 Å². The molecule has 0 unspecified atom stereocenters. The molecule has 9 heteroatoms. The summed E-state index contributed by atoms with van der Waals surface area (Å²) < 4.78 is 10.6. The monoisotopic (exact) mass is 349 g/mol. The highest BCUT2D eigenvalue weighted by molar-refractivity contribution is 8.26. The van der Waals surface area contributed by atoms with Gasteiger partial charge in [-0.3, -0.25) is 9.42 Å². The zero-order valence-electron chi connectivity index (χ0n) is 11.9. The number of hydrogen-bond donors (Lipinski definition) is 1. The Bertz CT molecular complexity index is 797. The van der Waals surface area contributed by atoms with Crippen LogP contribution < -0.4 is 15.0 Å². The molecular weight excluding hydrogens is 338 g/mol. The van der Waals surface area contributed by atoms with Crippen LogP contribution in [0.25, 0.3) is 6.08 Å². The van der Waals surface area contributed by atoms with Gasteiger partial charge in [-0.25, -0.2) is 0 Å². The van der Waals surface area contributed by atoms with Crippen LogP contribution in [0.15, 0.2) is 33.8 Å². The predicted molar refractivity (Wildman–Crippen MR) is 87.3 cm³/mol. The third kappa shape index (κ3) is 3.35. The Balaban J connectivity index is 1.83. The molecule has 2 heterocycles. The van der Waals surface area contributed by atoms with Gasteiger partial charge in [0.15, 0.2) is 6.61 Å². The molecule has 1 aromatic carbocycles. The van der Waals surface area contributed by atoms with Crippen LogP contribution in [0.2, 0.25) is 0 Å². The highest BCUT2D eigenvalue weighted by Crippen LogP contribution is 2.29. The van der Waals surface area contributed by atoms with E-state index in [1.165, 1.54) is 11.8 Å². The van der Waals surface area contributed by atoms with Crippen LogP contribution in [-0.4, -0.2) is 15.4 Å². The molecule has 0 radical (unpaired) electrons. The summed E-state index contributed by atoms with van der Waals surface area (Å²) in [6.07, 6.45) is 1.69. The van der Waals surface area contributed by atoms with Gasteiger partial charge in [0, 0.05) is 17.6 Å². The largest absolute Gasteiger partial charge is 0.484 e. The molecule has 7 nitrogen and oxygen atoms in total. The molecule has 0 atom stereocenters. The number of thioether (sulfide) groups is 1. The van der Waals surface area contributed by atoms with Crippen LogP contribution in [0.4, 0.5) is 0 Å². The van der Waals surface area contributed by atoms with Gasteiger partial charge in [0.05, 0.1) is 4.91 Å². The lowest BCUT2D eigenvalue weighted by molar-refractivity contribution is -0.808. The van der Waals surface area contributed by atoms with Crippen LogP contribution in [0.1, 0.15) is 17.0 Å². The predicted octanol–water partition coefficient (Wildman–Crippen LogP) is 1.68. The molecule has 118 valence electrons. The average molecular weight is 349 g/mol. The lowest BCUT2D eigenvalue weighted by Gasteiger charge is -2.08. The first kappa shape index (κ1) is 15.5. The zero-order valence-corrected chi connectivity index (χ0v) is 13.6. The Labute approximate surface area is 140 Å². The number of benzene rings is 1. The van der Waals surface area contributed by atoms with Crippen molar-refractivity contribution in [3.63, 3.8) is 0 Å². The van der Waals surface area contributed by atoms with Crippen LogP contribution in [0, 0.1) is 12.1 Å². The van der Waals surface area contributed by atoms with Crippen molar-refractivity contribution in [3.05, 3.63) is 51.3 Å². The fourth-order valence-electron chi connectivity index (χ4n) is 1.93. The molecule has 1 N–H and O–H groups in total. The quantitative estimate of drug-likeness (QED) is 0.510. The standard InChI is InChI=1S/C14H11N3O4S2/c1-8-10(17(19)21-16-8)7-20-11-5-3-2-4-9(11)6-12-13(18)15-14(22)23-12/h2-6H,7H2,1H3,(H,15,18,22). The summed E-state index contributed by atoms with van der Waals surface area (Å²) in [7, 11) is 0. The van der Waals surface area contributed by atoms with Crippen molar-refractivity contribution in [2.45, 2.75) is 13.5 Å². The lowest BCUT2D eigenvalue weighted by Crippen LogP contribution is -2.29. The van der Waals surface area contributed by atoms with Gasteiger partial charge in [-0.05, 0) is 17.0 Å². The van der Waals surface area contributed by atoms with E-state index in [4.69, 9.17) is 17.0 Å². The number of ether oxygens (including phenoxy) is 1. The second kappa shape index (κ2) is 6.39. The Morgan fingerprint density at radius 2 is 2.30 bits per heavy atom. The smallest absolute Gasteiger partial charge is 0.263 e. The third-order valence-electron chi connectivity index (χ3n) is 3.10. The molecule has 0 bridgehead atoms. The van der Waals surface area contributed by atoms with Crippen molar-refractivity contribution < 1.29 is 19.1 Å². The number of para-hydroxylation sites is 1. The molecule has 1 aliphatic heterocycles. The molecule has 1 aliphatic rings. The minimum absolute atomic E-state index is 0.0107. The van der Waals surface area contributed by atoms with Crippen LogP contribution >= 0.6 is 24.0 Å². The van der Waals surface area contributed by atoms with Gasteiger partial charge >= 0.3 is 0 Å². The van der Waals surface area contributed by atoms with E-state index in [1.807, 2.05) is 12.1 Å². The Hall–Kier alpha value is -2.39. The number of hydrogen-bond acceptors (Lipinski definition) is 7. The van der Waals surface area contributed by atoms with Crippen molar-refractivity contribution in [1.29, 1.82) is 0 Å². The first-order valence-electron chi connectivity index (χ1n) is 6.56. The summed E-state index contributed by atoms with van der Waals surface area (Å²) in [6, 6.07) is 7.19. The van der Waals surface area contributed by atoms with E-state index in [0.717, 1.165) is 0 Å². The van der Waals surface area contributed by atoms with E-state index in [9.17, 15) is 10.0 Å². The van der Waals surface area contributed by atoms with Gasteiger partial charge in [-0.15, -0.1) is 0 Å². The van der Waals surface area contributed by atoms with Gasteiger partial charge in [-0.1, -0.05) is 42.2 Å². The Morgan fingerprint density at radius 3 is 2.96 bits per heavy atom. The summed E-state index contributed by atoms with van der Waals surface area (Å²) in [5.74, 6) is 0.300. The zero-order chi connectivity index (χ0) is 16.4. The van der Waals surface area contributed by atoms with Gasteiger partial charge in [-0.2, -0.15) is 0 Å².